The molecule has 0 radical (unpaired) electrons. The number of amides is 1. The molecule has 0 saturated heterocycles. The summed E-state index contributed by atoms with van der Waals surface area (Å²) in [5, 5.41) is 2.90. The Kier molecular flexibility index (Phi) is 3.99. The van der Waals surface area contributed by atoms with Crippen molar-refractivity contribution in [3.8, 4) is 0 Å². The van der Waals surface area contributed by atoms with Gasteiger partial charge in [-0.25, -0.2) is 0 Å². The highest BCUT2D eigenvalue weighted by Crippen LogP contribution is 2.28. The SMILES string of the molecule is COCc1cccc(NC(=O)C2(N)CCCC2)c1. The van der Waals surface area contributed by atoms with Crippen LogP contribution in [0.4, 0.5) is 5.69 Å². The summed E-state index contributed by atoms with van der Waals surface area (Å²) in [6.45, 7) is 0.539. The lowest BCUT2D eigenvalue weighted by Crippen LogP contribution is -2.48. The van der Waals surface area contributed by atoms with Gasteiger partial charge in [0.1, 0.15) is 0 Å². The molecule has 4 heteroatoms. The van der Waals surface area contributed by atoms with Gasteiger partial charge in [-0.3, -0.25) is 4.79 Å². The lowest BCUT2D eigenvalue weighted by molar-refractivity contribution is -0.121. The third-order valence-corrected chi connectivity index (χ3v) is 3.44. The highest BCUT2D eigenvalue weighted by molar-refractivity contribution is 5.98. The van der Waals surface area contributed by atoms with Crippen molar-refractivity contribution in [1.29, 1.82) is 0 Å². The summed E-state index contributed by atoms with van der Waals surface area (Å²) in [6, 6.07) is 7.66. The van der Waals surface area contributed by atoms with Crippen molar-refractivity contribution in [1.82, 2.24) is 0 Å². The molecule has 0 bridgehead atoms. The predicted octanol–water partition coefficient (Wildman–Crippen LogP) is 2.04. The molecule has 1 aromatic carbocycles. The largest absolute Gasteiger partial charge is 0.380 e. The van der Waals surface area contributed by atoms with Crippen molar-refractivity contribution in [2.45, 2.75) is 37.8 Å². The van der Waals surface area contributed by atoms with Crippen LogP contribution in [0.5, 0.6) is 0 Å². The summed E-state index contributed by atoms with van der Waals surface area (Å²) in [6.07, 6.45) is 3.62. The zero-order valence-electron chi connectivity index (χ0n) is 10.7. The normalized spacial score (nSPS) is 17.7. The van der Waals surface area contributed by atoms with E-state index in [1.807, 2.05) is 24.3 Å². The van der Waals surface area contributed by atoms with Crippen LogP contribution in [0.25, 0.3) is 0 Å². The van der Waals surface area contributed by atoms with Crippen molar-refractivity contribution in [3.63, 3.8) is 0 Å². The first-order valence-electron chi connectivity index (χ1n) is 6.32. The molecule has 1 aliphatic rings. The minimum Gasteiger partial charge on any atom is -0.380 e. The second kappa shape index (κ2) is 5.50. The molecule has 2 rings (SSSR count). The molecule has 1 aliphatic carbocycles. The highest BCUT2D eigenvalue weighted by Gasteiger charge is 2.36. The smallest absolute Gasteiger partial charge is 0.244 e. The number of carbonyl (C=O) groups excluding carboxylic acids is 1. The average molecular weight is 248 g/mol. The van der Waals surface area contributed by atoms with E-state index in [-0.39, 0.29) is 5.91 Å². The van der Waals surface area contributed by atoms with Gasteiger partial charge in [0, 0.05) is 12.8 Å². The number of hydrogen-bond donors (Lipinski definition) is 2. The molecule has 1 fully saturated rings. The van der Waals surface area contributed by atoms with Gasteiger partial charge in [-0.1, -0.05) is 25.0 Å². The van der Waals surface area contributed by atoms with Crippen molar-refractivity contribution in [2.75, 3.05) is 12.4 Å². The van der Waals surface area contributed by atoms with Gasteiger partial charge >= 0.3 is 0 Å². The third kappa shape index (κ3) is 2.89. The van der Waals surface area contributed by atoms with Crippen LogP contribution in [-0.2, 0) is 16.1 Å². The monoisotopic (exact) mass is 248 g/mol. The van der Waals surface area contributed by atoms with Crippen LogP contribution < -0.4 is 11.1 Å². The number of ether oxygens (including phenoxy) is 1. The molecule has 18 heavy (non-hydrogen) atoms. The molecular weight excluding hydrogens is 228 g/mol. The Morgan fingerprint density at radius 3 is 2.83 bits per heavy atom. The summed E-state index contributed by atoms with van der Waals surface area (Å²) in [7, 11) is 1.65. The van der Waals surface area contributed by atoms with Crippen molar-refractivity contribution >= 4 is 11.6 Å². The first kappa shape index (κ1) is 13.1. The number of anilines is 1. The van der Waals surface area contributed by atoms with E-state index in [0.717, 1.165) is 36.9 Å². The molecule has 1 aromatic rings. The zero-order chi connectivity index (χ0) is 13.0. The summed E-state index contributed by atoms with van der Waals surface area (Å²) >= 11 is 0. The number of nitrogens with one attached hydrogen (secondary N) is 1. The third-order valence-electron chi connectivity index (χ3n) is 3.44. The molecule has 1 amide bonds. The van der Waals surface area contributed by atoms with Crippen LogP contribution in [0.2, 0.25) is 0 Å². The number of carbonyl (C=O) groups is 1. The Labute approximate surface area is 108 Å². The van der Waals surface area contributed by atoms with E-state index >= 15 is 0 Å². The lowest BCUT2D eigenvalue weighted by Gasteiger charge is -2.22. The fourth-order valence-corrected chi connectivity index (χ4v) is 2.39. The molecule has 0 aliphatic heterocycles. The van der Waals surface area contributed by atoms with Crippen molar-refractivity contribution in [3.05, 3.63) is 29.8 Å². The van der Waals surface area contributed by atoms with Gasteiger partial charge in [-0.15, -0.1) is 0 Å². The van der Waals surface area contributed by atoms with Gasteiger partial charge in [-0.05, 0) is 30.5 Å². The van der Waals surface area contributed by atoms with E-state index in [9.17, 15) is 4.79 Å². The van der Waals surface area contributed by atoms with Gasteiger partial charge in [0.15, 0.2) is 0 Å². The lowest BCUT2D eigenvalue weighted by atomic mass is 9.98. The fourth-order valence-electron chi connectivity index (χ4n) is 2.39. The topological polar surface area (TPSA) is 64.3 Å². The van der Waals surface area contributed by atoms with E-state index in [4.69, 9.17) is 10.5 Å². The molecular formula is C14H20N2O2. The number of nitrogens with two attached hydrogens (primary N) is 1. The van der Waals surface area contributed by atoms with Crippen LogP contribution in [0.1, 0.15) is 31.2 Å². The molecule has 1 saturated carbocycles. The average Bonchev–Trinajstić information content (AvgIpc) is 2.78. The number of hydrogen-bond acceptors (Lipinski definition) is 3. The summed E-state index contributed by atoms with van der Waals surface area (Å²) in [5.74, 6) is -0.0745. The summed E-state index contributed by atoms with van der Waals surface area (Å²) in [4.78, 5) is 12.1. The summed E-state index contributed by atoms with van der Waals surface area (Å²) in [5.41, 5.74) is 7.25. The zero-order valence-corrected chi connectivity index (χ0v) is 10.7. The van der Waals surface area contributed by atoms with Crippen LogP contribution in [0.3, 0.4) is 0 Å². The van der Waals surface area contributed by atoms with Crippen molar-refractivity contribution < 1.29 is 9.53 Å². The van der Waals surface area contributed by atoms with Crippen LogP contribution in [-0.4, -0.2) is 18.6 Å². The quantitative estimate of drug-likeness (QED) is 0.857. The maximum atomic E-state index is 12.1. The Morgan fingerprint density at radius 1 is 1.44 bits per heavy atom. The Balaban J connectivity index is 2.04. The minimum atomic E-state index is -0.683. The van der Waals surface area contributed by atoms with Crippen LogP contribution >= 0.6 is 0 Å². The molecule has 0 atom stereocenters. The maximum absolute atomic E-state index is 12.1. The van der Waals surface area contributed by atoms with Gasteiger partial charge in [0.25, 0.3) is 0 Å². The van der Waals surface area contributed by atoms with Gasteiger partial charge < -0.3 is 15.8 Å². The molecule has 0 aromatic heterocycles. The minimum absolute atomic E-state index is 0.0745. The fraction of sp³-hybridized carbons (Fsp3) is 0.500. The first-order chi connectivity index (χ1) is 8.64. The molecule has 0 unspecified atom stereocenters. The maximum Gasteiger partial charge on any atom is 0.244 e. The van der Waals surface area contributed by atoms with E-state index in [2.05, 4.69) is 5.32 Å². The Hall–Kier alpha value is -1.39. The molecule has 0 heterocycles. The number of benzene rings is 1. The molecule has 3 N–H and O–H groups in total. The molecule has 98 valence electrons. The number of methoxy groups -OCH3 is 1. The highest BCUT2D eigenvalue weighted by atomic mass is 16.5. The number of rotatable bonds is 4. The van der Waals surface area contributed by atoms with E-state index in [0.29, 0.717) is 6.61 Å². The van der Waals surface area contributed by atoms with E-state index < -0.39 is 5.54 Å². The Morgan fingerprint density at radius 2 is 2.17 bits per heavy atom. The second-order valence-electron chi connectivity index (χ2n) is 4.95. The summed E-state index contributed by atoms with van der Waals surface area (Å²) < 4.78 is 5.07. The van der Waals surface area contributed by atoms with Crippen LogP contribution in [0, 0.1) is 0 Å². The van der Waals surface area contributed by atoms with Gasteiger partial charge in [0.05, 0.1) is 12.1 Å². The van der Waals surface area contributed by atoms with E-state index in [1.54, 1.807) is 7.11 Å². The van der Waals surface area contributed by atoms with Gasteiger partial charge in [-0.2, -0.15) is 0 Å². The molecule has 0 spiro atoms. The Bertz CT molecular complexity index is 426. The van der Waals surface area contributed by atoms with E-state index in [1.165, 1.54) is 0 Å². The van der Waals surface area contributed by atoms with Gasteiger partial charge in [0.2, 0.25) is 5.91 Å². The first-order valence-corrected chi connectivity index (χ1v) is 6.32. The standard InChI is InChI=1S/C14H20N2O2/c1-18-10-11-5-4-6-12(9-11)16-13(17)14(15)7-2-3-8-14/h4-6,9H,2-3,7-8,10,15H2,1H3,(H,16,17). The molecule has 4 nitrogen and oxygen atoms in total. The second-order valence-corrected chi connectivity index (χ2v) is 4.95. The predicted molar refractivity (Wildman–Crippen MR) is 71.2 cm³/mol. The van der Waals surface area contributed by atoms with Crippen molar-refractivity contribution in [2.24, 2.45) is 5.73 Å². The van der Waals surface area contributed by atoms with Crippen LogP contribution in [0.15, 0.2) is 24.3 Å².